The van der Waals surface area contributed by atoms with Crippen molar-refractivity contribution in [1.82, 2.24) is 15.1 Å². The number of aryl methyl sites for hydroxylation is 3. The topological polar surface area (TPSA) is 29.9 Å². The van der Waals surface area contributed by atoms with Crippen molar-refractivity contribution in [2.45, 2.75) is 40.2 Å². The number of likely N-dealkylation sites (N-methyl/N-ethyl adjacent to an activating group) is 1. The second-order valence-electron chi connectivity index (χ2n) is 4.86. The third-order valence-corrected chi connectivity index (χ3v) is 4.26. The molecule has 0 radical (unpaired) electrons. The summed E-state index contributed by atoms with van der Waals surface area (Å²) in [5.41, 5.74) is 5.32. The minimum absolute atomic E-state index is 0.977. The number of rotatable bonds is 7. The molecule has 2 heterocycles. The van der Waals surface area contributed by atoms with Crippen LogP contribution in [0.2, 0.25) is 0 Å². The van der Waals surface area contributed by atoms with Crippen LogP contribution in [0.4, 0.5) is 0 Å². The van der Waals surface area contributed by atoms with Gasteiger partial charge in [0.2, 0.25) is 0 Å². The zero-order chi connectivity index (χ0) is 13.7. The van der Waals surface area contributed by atoms with E-state index in [1.54, 1.807) is 11.3 Å². The van der Waals surface area contributed by atoms with Gasteiger partial charge in [-0.15, -0.1) is 0 Å². The van der Waals surface area contributed by atoms with Crippen LogP contribution in [-0.4, -0.2) is 22.9 Å². The first-order valence-corrected chi connectivity index (χ1v) is 7.91. The predicted octanol–water partition coefficient (Wildman–Crippen LogP) is 2.96. The predicted molar refractivity (Wildman–Crippen MR) is 82.0 cm³/mol. The highest BCUT2D eigenvalue weighted by Crippen LogP contribution is 2.15. The van der Waals surface area contributed by atoms with E-state index in [4.69, 9.17) is 0 Å². The highest BCUT2D eigenvalue weighted by atomic mass is 32.1. The normalized spacial score (nSPS) is 11.1. The monoisotopic (exact) mass is 277 g/mol. The molecule has 0 amide bonds. The first kappa shape index (κ1) is 14.3. The highest BCUT2D eigenvalue weighted by molar-refractivity contribution is 7.07. The van der Waals surface area contributed by atoms with Crippen LogP contribution < -0.4 is 5.32 Å². The fourth-order valence-corrected chi connectivity index (χ4v) is 3.08. The van der Waals surface area contributed by atoms with Crippen molar-refractivity contribution < 1.29 is 0 Å². The van der Waals surface area contributed by atoms with E-state index >= 15 is 0 Å². The van der Waals surface area contributed by atoms with Gasteiger partial charge >= 0.3 is 0 Å². The maximum atomic E-state index is 4.68. The summed E-state index contributed by atoms with van der Waals surface area (Å²) in [6.45, 7) is 9.50. The Hall–Kier alpha value is -1.13. The summed E-state index contributed by atoms with van der Waals surface area (Å²) >= 11 is 1.76. The number of hydrogen-bond donors (Lipinski definition) is 1. The molecule has 2 rings (SSSR count). The van der Waals surface area contributed by atoms with E-state index in [0.717, 1.165) is 32.5 Å². The molecule has 0 spiro atoms. The largest absolute Gasteiger partial charge is 0.317 e. The summed E-state index contributed by atoms with van der Waals surface area (Å²) in [5.74, 6) is 0. The summed E-state index contributed by atoms with van der Waals surface area (Å²) in [6, 6.07) is 2.20. The molecule has 0 saturated heterocycles. The number of aromatic nitrogens is 2. The van der Waals surface area contributed by atoms with Crippen LogP contribution in [0.1, 0.15) is 29.4 Å². The van der Waals surface area contributed by atoms with Crippen LogP contribution in [0, 0.1) is 13.8 Å². The summed E-state index contributed by atoms with van der Waals surface area (Å²) in [4.78, 5) is 0. The van der Waals surface area contributed by atoms with E-state index in [2.05, 4.69) is 52.7 Å². The molecule has 0 aliphatic heterocycles. The third-order valence-electron chi connectivity index (χ3n) is 3.53. The maximum Gasteiger partial charge on any atom is 0.0628 e. The molecule has 1 N–H and O–H groups in total. The van der Waals surface area contributed by atoms with Crippen LogP contribution in [0.15, 0.2) is 16.8 Å². The van der Waals surface area contributed by atoms with Gasteiger partial charge in [-0.3, -0.25) is 4.68 Å². The van der Waals surface area contributed by atoms with E-state index in [9.17, 15) is 0 Å². The number of nitrogens with zero attached hydrogens (tertiary/aromatic N) is 2. The van der Waals surface area contributed by atoms with E-state index < -0.39 is 0 Å². The van der Waals surface area contributed by atoms with Crippen molar-refractivity contribution in [3.05, 3.63) is 39.3 Å². The third kappa shape index (κ3) is 3.67. The molecule has 0 aliphatic carbocycles. The molecular formula is C15H23N3S. The van der Waals surface area contributed by atoms with E-state index in [-0.39, 0.29) is 0 Å². The minimum Gasteiger partial charge on any atom is -0.317 e. The quantitative estimate of drug-likeness (QED) is 0.789. The number of nitrogens with one attached hydrogen (secondary N) is 1. The summed E-state index contributed by atoms with van der Waals surface area (Å²) in [6.07, 6.45) is 2.14. The molecular weight excluding hydrogens is 254 g/mol. The Labute approximate surface area is 119 Å². The minimum atomic E-state index is 0.977. The summed E-state index contributed by atoms with van der Waals surface area (Å²) in [5, 5.41) is 12.4. The molecule has 104 valence electrons. The van der Waals surface area contributed by atoms with Gasteiger partial charge in [0.15, 0.2) is 0 Å². The zero-order valence-corrected chi connectivity index (χ0v) is 12.9. The second kappa shape index (κ2) is 6.87. The lowest BCUT2D eigenvalue weighted by molar-refractivity contribution is 0.593. The van der Waals surface area contributed by atoms with Crippen LogP contribution >= 0.6 is 11.3 Å². The Morgan fingerprint density at radius 2 is 2.16 bits per heavy atom. The Morgan fingerprint density at radius 3 is 2.84 bits per heavy atom. The lowest BCUT2D eigenvalue weighted by Gasteiger charge is -2.05. The van der Waals surface area contributed by atoms with Crippen molar-refractivity contribution >= 4 is 11.3 Å². The van der Waals surface area contributed by atoms with Crippen LogP contribution in [0.5, 0.6) is 0 Å². The van der Waals surface area contributed by atoms with Crippen molar-refractivity contribution in [3.8, 4) is 0 Å². The van der Waals surface area contributed by atoms with Crippen molar-refractivity contribution in [2.75, 3.05) is 13.1 Å². The smallest absolute Gasteiger partial charge is 0.0628 e. The van der Waals surface area contributed by atoms with Crippen molar-refractivity contribution in [2.24, 2.45) is 0 Å². The first-order chi connectivity index (χ1) is 9.22. The molecule has 19 heavy (non-hydrogen) atoms. The number of hydrogen-bond acceptors (Lipinski definition) is 3. The standard InChI is InChI=1S/C15H23N3S/c1-4-16-8-5-15-12(2)17-18(13(15)3)9-6-14-7-10-19-11-14/h7,10-11,16H,4-6,8-9H2,1-3H3. The van der Waals surface area contributed by atoms with Gasteiger partial charge in [-0.1, -0.05) is 6.92 Å². The Morgan fingerprint density at radius 1 is 1.32 bits per heavy atom. The van der Waals surface area contributed by atoms with Gasteiger partial charge in [0, 0.05) is 12.2 Å². The molecule has 4 heteroatoms. The van der Waals surface area contributed by atoms with Gasteiger partial charge < -0.3 is 5.32 Å². The van der Waals surface area contributed by atoms with Crippen molar-refractivity contribution in [3.63, 3.8) is 0 Å². The molecule has 0 unspecified atom stereocenters. The average molecular weight is 277 g/mol. The fraction of sp³-hybridized carbons (Fsp3) is 0.533. The number of thiophene rings is 1. The average Bonchev–Trinajstić information content (AvgIpc) is 2.99. The van der Waals surface area contributed by atoms with Crippen LogP contribution in [-0.2, 0) is 19.4 Å². The first-order valence-electron chi connectivity index (χ1n) is 6.97. The molecule has 0 aliphatic rings. The molecule has 0 atom stereocenters. The molecule has 3 nitrogen and oxygen atoms in total. The lowest BCUT2D eigenvalue weighted by Crippen LogP contribution is -2.16. The van der Waals surface area contributed by atoms with Gasteiger partial charge in [0.05, 0.1) is 5.69 Å². The van der Waals surface area contributed by atoms with Crippen LogP contribution in [0.3, 0.4) is 0 Å². The molecule has 0 saturated carbocycles. The molecule has 0 aromatic carbocycles. The molecule has 2 aromatic rings. The maximum absolute atomic E-state index is 4.68. The van der Waals surface area contributed by atoms with E-state index in [0.29, 0.717) is 0 Å². The van der Waals surface area contributed by atoms with E-state index in [1.165, 1.54) is 22.5 Å². The summed E-state index contributed by atoms with van der Waals surface area (Å²) < 4.78 is 2.16. The molecule has 0 bridgehead atoms. The Bertz CT molecular complexity index is 500. The van der Waals surface area contributed by atoms with E-state index in [1.807, 2.05) is 0 Å². The highest BCUT2D eigenvalue weighted by Gasteiger charge is 2.10. The van der Waals surface area contributed by atoms with Gasteiger partial charge in [-0.05, 0) is 67.7 Å². The molecule has 0 fully saturated rings. The van der Waals surface area contributed by atoms with Gasteiger partial charge in [0.25, 0.3) is 0 Å². The SMILES string of the molecule is CCNCCc1c(C)nn(CCc2ccsc2)c1C. The van der Waals surface area contributed by atoms with Gasteiger partial charge in [-0.2, -0.15) is 16.4 Å². The summed E-state index contributed by atoms with van der Waals surface area (Å²) in [7, 11) is 0. The molecule has 2 aromatic heterocycles. The van der Waals surface area contributed by atoms with Gasteiger partial charge in [-0.25, -0.2) is 0 Å². The zero-order valence-electron chi connectivity index (χ0n) is 12.1. The van der Waals surface area contributed by atoms with Crippen LogP contribution in [0.25, 0.3) is 0 Å². The van der Waals surface area contributed by atoms with Crippen molar-refractivity contribution in [1.29, 1.82) is 0 Å². The fourth-order valence-electron chi connectivity index (χ4n) is 2.37. The van der Waals surface area contributed by atoms with Gasteiger partial charge in [0.1, 0.15) is 0 Å². The lowest BCUT2D eigenvalue weighted by atomic mass is 10.1. The second-order valence-corrected chi connectivity index (χ2v) is 5.64. The Balaban J connectivity index is 1.99. The Kier molecular flexibility index (Phi) is 5.16.